The largest absolute Gasteiger partial charge is 0.491 e. The molecule has 3 heteroatoms. The summed E-state index contributed by atoms with van der Waals surface area (Å²) < 4.78 is 10.7. The second kappa shape index (κ2) is 7.62. The minimum Gasteiger partial charge on any atom is -0.491 e. The van der Waals surface area contributed by atoms with Crippen molar-refractivity contribution in [3.8, 4) is 5.75 Å². The highest BCUT2D eigenvalue weighted by Gasteiger charge is 2.01. The van der Waals surface area contributed by atoms with Gasteiger partial charge in [0, 0.05) is 6.08 Å². The fourth-order valence-electron chi connectivity index (χ4n) is 1.41. The molecule has 0 heterocycles. The number of benzene rings is 1. The molecule has 0 N–H and O–H groups in total. The quantitative estimate of drug-likeness (QED) is 0.577. The molecule has 0 saturated carbocycles. The predicted octanol–water partition coefficient (Wildman–Crippen LogP) is 3.83. The summed E-state index contributed by atoms with van der Waals surface area (Å²) in [5.74, 6) is 0.520. The molecule has 1 rings (SSSR count). The molecule has 0 aliphatic heterocycles. The van der Waals surface area contributed by atoms with Crippen molar-refractivity contribution in [1.82, 2.24) is 0 Å². The van der Waals surface area contributed by atoms with Crippen molar-refractivity contribution in [2.75, 3.05) is 0 Å². The third kappa shape index (κ3) is 6.09. The number of carbonyl (C=O) groups excluding carboxylic acids is 1. The Morgan fingerprint density at radius 1 is 1.21 bits per heavy atom. The normalized spacial score (nSPS) is 12.7. The van der Waals surface area contributed by atoms with Crippen LogP contribution in [0.25, 0.3) is 6.08 Å². The molecule has 0 fully saturated rings. The van der Waals surface area contributed by atoms with Crippen LogP contribution in [0.3, 0.4) is 0 Å². The van der Waals surface area contributed by atoms with Crippen LogP contribution >= 0.6 is 0 Å². The fraction of sp³-hybridized carbons (Fsp3) is 0.438. The third-order valence-corrected chi connectivity index (χ3v) is 2.56. The lowest BCUT2D eigenvalue weighted by Gasteiger charge is -2.12. The van der Waals surface area contributed by atoms with Crippen molar-refractivity contribution in [3.63, 3.8) is 0 Å². The van der Waals surface area contributed by atoms with Crippen molar-refractivity contribution >= 4 is 12.0 Å². The van der Waals surface area contributed by atoms with Gasteiger partial charge in [-0.15, -0.1) is 0 Å². The van der Waals surface area contributed by atoms with E-state index in [4.69, 9.17) is 9.47 Å². The van der Waals surface area contributed by atoms with Crippen molar-refractivity contribution in [3.05, 3.63) is 35.9 Å². The van der Waals surface area contributed by atoms with E-state index in [-0.39, 0.29) is 18.2 Å². The van der Waals surface area contributed by atoms with Crippen LogP contribution in [0.1, 0.15) is 39.7 Å². The maximum atomic E-state index is 11.3. The summed E-state index contributed by atoms with van der Waals surface area (Å²) in [5, 5.41) is 0. The first-order valence-corrected chi connectivity index (χ1v) is 6.66. The van der Waals surface area contributed by atoms with Gasteiger partial charge in [0.1, 0.15) is 5.75 Å². The smallest absolute Gasteiger partial charge is 0.331 e. The van der Waals surface area contributed by atoms with E-state index in [0.29, 0.717) is 0 Å². The zero-order chi connectivity index (χ0) is 14.3. The molecule has 0 aromatic heterocycles. The molecule has 1 atom stereocenters. The Morgan fingerprint density at radius 2 is 1.84 bits per heavy atom. The molecular weight excluding hydrogens is 240 g/mol. The van der Waals surface area contributed by atoms with E-state index >= 15 is 0 Å². The van der Waals surface area contributed by atoms with Crippen LogP contribution in [-0.4, -0.2) is 18.2 Å². The van der Waals surface area contributed by atoms with E-state index in [2.05, 4.69) is 6.92 Å². The summed E-state index contributed by atoms with van der Waals surface area (Å²) in [6, 6.07) is 7.63. The van der Waals surface area contributed by atoms with Crippen molar-refractivity contribution in [2.45, 2.75) is 46.3 Å². The van der Waals surface area contributed by atoms with Crippen LogP contribution in [0.15, 0.2) is 30.3 Å². The molecule has 0 saturated heterocycles. The van der Waals surface area contributed by atoms with E-state index in [1.54, 1.807) is 6.08 Å². The Bertz CT molecular complexity index is 418. The van der Waals surface area contributed by atoms with Gasteiger partial charge in [0.2, 0.25) is 0 Å². The SMILES string of the molecule is CCC(C)Oc1ccc(/C=C/C(=O)OC(C)C)cc1. The predicted molar refractivity (Wildman–Crippen MR) is 77.1 cm³/mol. The Morgan fingerprint density at radius 3 is 2.37 bits per heavy atom. The summed E-state index contributed by atoms with van der Waals surface area (Å²) in [6.07, 6.45) is 4.26. The van der Waals surface area contributed by atoms with E-state index in [1.165, 1.54) is 6.08 Å². The van der Waals surface area contributed by atoms with Gasteiger partial charge in [-0.3, -0.25) is 0 Å². The number of esters is 1. The average Bonchev–Trinajstić information content (AvgIpc) is 2.37. The van der Waals surface area contributed by atoms with Crippen LogP contribution in [0.5, 0.6) is 5.75 Å². The maximum absolute atomic E-state index is 11.3. The monoisotopic (exact) mass is 262 g/mol. The number of carbonyl (C=O) groups is 1. The van der Waals surface area contributed by atoms with Crippen molar-refractivity contribution in [1.29, 1.82) is 0 Å². The Labute approximate surface area is 115 Å². The molecule has 0 bridgehead atoms. The molecule has 104 valence electrons. The lowest BCUT2D eigenvalue weighted by atomic mass is 10.2. The highest BCUT2D eigenvalue weighted by atomic mass is 16.5. The topological polar surface area (TPSA) is 35.5 Å². The number of hydrogen-bond donors (Lipinski definition) is 0. The molecule has 3 nitrogen and oxygen atoms in total. The third-order valence-electron chi connectivity index (χ3n) is 2.56. The van der Waals surface area contributed by atoms with Crippen LogP contribution in [0.2, 0.25) is 0 Å². The number of ether oxygens (including phenoxy) is 2. The first-order valence-electron chi connectivity index (χ1n) is 6.66. The van der Waals surface area contributed by atoms with Gasteiger partial charge in [-0.25, -0.2) is 4.79 Å². The van der Waals surface area contributed by atoms with E-state index < -0.39 is 0 Å². The molecule has 1 aromatic carbocycles. The van der Waals surface area contributed by atoms with Crippen LogP contribution < -0.4 is 4.74 Å². The lowest BCUT2D eigenvalue weighted by molar-refractivity contribution is -0.141. The van der Waals surface area contributed by atoms with E-state index in [0.717, 1.165) is 17.7 Å². The van der Waals surface area contributed by atoms with Gasteiger partial charge in [0.05, 0.1) is 12.2 Å². The Balaban J connectivity index is 2.57. The fourth-order valence-corrected chi connectivity index (χ4v) is 1.41. The second-order valence-corrected chi connectivity index (χ2v) is 4.72. The first kappa shape index (κ1) is 15.3. The second-order valence-electron chi connectivity index (χ2n) is 4.72. The minimum atomic E-state index is -0.324. The highest BCUT2D eigenvalue weighted by molar-refractivity contribution is 5.87. The molecule has 1 aromatic rings. The highest BCUT2D eigenvalue weighted by Crippen LogP contribution is 2.15. The first-order chi connectivity index (χ1) is 9.01. The molecule has 0 aliphatic carbocycles. The number of hydrogen-bond acceptors (Lipinski definition) is 3. The van der Waals surface area contributed by atoms with Crippen LogP contribution in [0.4, 0.5) is 0 Å². The lowest BCUT2D eigenvalue weighted by Crippen LogP contribution is -2.09. The molecule has 0 aliphatic rings. The molecule has 1 unspecified atom stereocenters. The van der Waals surface area contributed by atoms with Crippen molar-refractivity contribution < 1.29 is 14.3 Å². The van der Waals surface area contributed by atoms with Gasteiger partial charge in [-0.2, -0.15) is 0 Å². The minimum absolute atomic E-state index is 0.0940. The molecule has 19 heavy (non-hydrogen) atoms. The standard InChI is InChI=1S/C16H22O3/c1-5-13(4)19-15-9-6-14(7-10-15)8-11-16(17)18-12(2)3/h6-13H,5H2,1-4H3/b11-8+. The average molecular weight is 262 g/mol. The summed E-state index contributed by atoms with van der Waals surface area (Å²) in [7, 11) is 0. The van der Waals surface area contributed by atoms with Crippen LogP contribution in [-0.2, 0) is 9.53 Å². The Hall–Kier alpha value is -1.77. The molecule has 0 spiro atoms. The molecule has 0 amide bonds. The molecular formula is C16H22O3. The zero-order valence-corrected chi connectivity index (χ0v) is 12.1. The zero-order valence-electron chi connectivity index (χ0n) is 12.1. The van der Waals surface area contributed by atoms with E-state index in [9.17, 15) is 4.79 Å². The summed E-state index contributed by atoms with van der Waals surface area (Å²) in [4.78, 5) is 11.3. The van der Waals surface area contributed by atoms with Gasteiger partial charge in [0.25, 0.3) is 0 Å². The van der Waals surface area contributed by atoms with Crippen LogP contribution in [0, 0.1) is 0 Å². The Kier molecular flexibility index (Phi) is 6.13. The summed E-state index contributed by atoms with van der Waals surface area (Å²) >= 11 is 0. The van der Waals surface area contributed by atoms with Gasteiger partial charge < -0.3 is 9.47 Å². The summed E-state index contributed by atoms with van der Waals surface area (Å²) in [6.45, 7) is 7.78. The van der Waals surface area contributed by atoms with Crippen molar-refractivity contribution in [2.24, 2.45) is 0 Å². The van der Waals surface area contributed by atoms with Gasteiger partial charge >= 0.3 is 5.97 Å². The van der Waals surface area contributed by atoms with E-state index in [1.807, 2.05) is 45.0 Å². The van der Waals surface area contributed by atoms with Gasteiger partial charge in [-0.1, -0.05) is 19.1 Å². The maximum Gasteiger partial charge on any atom is 0.331 e. The number of rotatable bonds is 6. The molecule has 0 radical (unpaired) electrons. The summed E-state index contributed by atoms with van der Waals surface area (Å²) in [5.41, 5.74) is 0.942. The van der Waals surface area contributed by atoms with Gasteiger partial charge in [-0.05, 0) is 51.0 Å². The van der Waals surface area contributed by atoms with Gasteiger partial charge in [0.15, 0.2) is 0 Å².